The van der Waals surface area contributed by atoms with E-state index in [0.717, 1.165) is 21.7 Å². The molecule has 5 aromatic rings. The number of hydrogen-bond acceptors (Lipinski definition) is 5. The third kappa shape index (κ3) is 6.23. The highest BCUT2D eigenvalue weighted by Crippen LogP contribution is 2.32. The van der Waals surface area contributed by atoms with E-state index in [2.05, 4.69) is 0 Å². The normalized spacial score (nSPS) is 14.1. The first-order valence-electron chi connectivity index (χ1n) is 14.4. The van der Waals surface area contributed by atoms with Gasteiger partial charge < -0.3 is 4.74 Å². The minimum atomic E-state index is -0.695. The monoisotopic (exact) mass is 628 g/mol. The minimum Gasteiger partial charge on any atom is -0.489 e. The summed E-state index contributed by atoms with van der Waals surface area (Å²) >= 11 is 6.27. The Morgan fingerprint density at radius 1 is 0.913 bits per heavy atom. The second kappa shape index (κ2) is 13.1. The van der Waals surface area contributed by atoms with Crippen LogP contribution in [0.1, 0.15) is 23.6 Å². The molecule has 0 N–H and O–H groups in total. The number of amides is 2. The van der Waals surface area contributed by atoms with Gasteiger partial charge in [-0.05, 0) is 78.7 Å². The number of aromatic nitrogens is 2. The van der Waals surface area contributed by atoms with E-state index < -0.39 is 17.6 Å². The number of halogens is 2. The summed E-state index contributed by atoms with van der Waals surface area (Å²) < 4.78 is 21.2. The Labute approximate surface area is 270 Å². The number of carbonyl (C=O) groups excluding carboxylic acids is 2. The van der Waals surface area contributed by atoms with Crippen LogP contribution in [-0.4, -0.2) is 26.5 Å². The molecule has 0 atom stereocenters. The molecule has 7 nitrogen and oxygen atoms in total. The number of hydrogen-bond donors (Lipinski definition) is 0. The van der Waals surface area contributed by atoms with E-state index in [1.165, 1.54) is 24.3 Å². The van der Waals surface area contributed by atoms with Crippen molar-refractivity contribution in [3.8, 4) is 28.8 Å². The van der Waals surface area contributed by atoms with Gasteiger partial charge in [0, 0.05) is 33.5 Å². The molecule has 1 aromatic heterocycles. The van der Waals surface area contributed by atoms with Crippen LogP contribution in [0.3, 0.4) is 0 Å². The summed E-state index contributed by atoms with van der Waals surface area (Å²) in [5.41, 5.74) is 4.49. The number of para-hydroxylation sites is 1. The van der Waals surface area contributed by atoms with Gasteiger partial charge in [0.25, 0.3) is 11.8 Å². The highest BCUT2D eigenvalue weighted by atomic mass is 35.5. The highest BCUT2D eigenvalue weighted by Gasteiger charge is 2.35. The molecule has 226 valence electrons. The van der Waals surface area contributed by atoms with Crippen LogP contribution in [0.2, 0.25) is 5.02 Å². The summed E-state index contributed by atoms with van der Waals surface area (Å²) in [6.07, 6.45) is 3.45. The van der Waals surface area contributed by atoms with Crippen molar-refractivity contribution < 1.29 is 18.7 Å². The second-order valence-corrected chi connectivity index (χ2v) is 11.0. The number of nitriles is 1. The van der Waals surface area contributed by atoms with E-state index in [1.807, 2.05) is 84.9 Å². The van der Waals surface area contributed by atoms with Crippen LogP contribution in [0.15, 0.2) is 126 Å². The van der Waals surface area contributed by atoms with Gasteiger partial charge in [0.1, 0.15) is 29.8 Å². The predicted molar refractivity (Wildman–Crippen MR) is 173 cm³/mol. The lowest BCUT2D eigenvalue weighted by atomic mass is 9.93. The predicted octanol–water partition coefficient (Wildman–Crippen LogP) is 7.70. The molecule has 0 bridgehead atoms. The fourth-order valence-electron chi connectivity index (χ4n) is 5.12. The first kappa shape index (κ1) is 30.3. The van der Waals surface area contributed by atoms with Crippen LogP contribution < -0.4 is 4.74 Å². The van der Waals surface area contributed by atoms with E-state index >= 15 is 0 Å². The Hall–Kier alpha value is -5.78. The summed E-state index contributed by atoms with van der Waals surface area (Å²) in [7, 11) is 0. The van der Waals surface area contributed by atoms with Crippen LogP contribution in [0, 0.1) is 17.1 Å². The molecule has 46 heavy (non-hydrogen) atoms. The molecule has 0 saturated carbocycles. The summed E-state index contributed by atoms with van der Waals surface area (Å²) in [4.78, 5) is 28.0. The maximum Gasteiger partial charge on any atom is 0.271 e. The van der Waals surface area contributed by atoms with Crippen molar-refractivity contribution in [2.75, 3.05) is 0 Å². The molecule has 2 amide bonds. The fourth-order valence-corrected chi connectivity index (χ4v) is 5.31. The number of carbonyl (C=O) groups is 2. The zero-order chi connectivity index (χ0) is 32.2. The van der Waals surface area contributed by atoms with Gasteiger partial charge in [-0.15, -0.1) is 0 Å². The number of benzene rings is 4. The van der Waals surface area contributed by atoms with Crippen molar-refractivity contribution in [2.24, 2.45) is 0 Å². The van der Waals surface area contributed by atoms with Gasteiger partial charge in [0.2, 0.25) is 0 Å². The summed E-state index contributed by atoms with van der Waals surface area (Å²) in [5, 5.41) is 15.4. The van der Waals surface area contributed by atoms with Gasteiger partial charge in [-0.1, -0.05) is 60.1 Å². The average Bonchev–Trinajstić information content (AvgIpc) is 3.50. The second-order valence-electron chi connectivity index (χ2n) is 10.6. The van der Waals surface area contributed by atoms with Gasteiger partial charge in [0.05, 0.1) is 17.9 Å². The lowest BCUT2D eigenvalue weighted by Gasteiger charge is -2.27. The number of ether oxygens (including phenoxy) is 1. The molecular formula is C37H26ClFN4O3. The maximum atomic E-state index is 13.8. The van der Waals surface area contributed by atoms with E-state index in [4.69, 9.17) is 21.4 Å². The third-order valence-electron chi connectivity index (χ3n) is 7.62. The first-order valence-corrected chi connectivity index (χ1v) is 14.8. The van der Waals surface area contributed by atoms with Crippen molar-refractivity contribution in [3.05, 3.63) is 154 Å². The Kier molecular flexibility index (Phi) is 8.59. The first-order chi connectivity index (χ1) is 22.3. The molecule has 9 heteroatoms. The molecule has 2 heterocycles. The third-order valence-corrected chi connectivity index (χ3v) is 7.99. The quantitative estimate of drug-likeness (QED) is 0.130. The van der Waals surface area contributed by atoms with Gasteiger partial charge >= 0.3 is 0 Å². The Balaban J connectivity index is 1.38. The lowest BCUT2D eigenvalue weighted by molar-refractivity contribution is -0.141. The van der Waals surface area contributed by atoms with Crippen LogP contribution in [0.4, 0.5) is 4.39 Å². The largest absolute Gasteiger partial charge is 0.489 e. The Morgan fingerprint density at radius 3 is 2.30 bits per heavy atom. The molecular weight excluding hydrogens is 603 g/mol. The van der Waals surface area contributed by atoms with Crippen molar-refractivity contribution in [2.45, 2.75) is 20.1 Å². The molecule has 0 radical (unpaired) electrons. The van der Waals surface area contributed by atoms with E-state index in [-0.39, 0.29) is 23.3 Å². The van der Waals surface area contributed by atoms with Gasteiger partial charge in [-0.2, -0.15) is 10.4 Å². The van der Waals surface area contributed by atoms with Crippen molar-refractivity contribution in [1.29, 1.82) is 5.26 Å². The highest BCUT2D eigenvalue weighted by molar-refractivity contribution is 6.31. The number of nitrogens with zero attached hydrogens (tertiary/aromatic N) is 4. The molecule has 4 aromatic carbocycles. The lowest BCUT2D eigenvalue weighted by Crippen LogP contribution is -2.42. The van der Waals surface area contributed by atoms with Crippen LogP contribution in [0.25, 0.3) is 23.0 Å². The molecule has 0 spiro atoms. The van der Waals surface area contributed by atoms with Crippen LogP contribution in [-0.2, 0) is 22.7 Å². The zero-order valence-corrected chi connectivity index (χ0v) is 25.4. The molecule has 6 rings (SSSR count). The number of imide groups is 1. The Bertz CT molecular complexity index is 2040. The van der Waals surface area contributed by atoms with E-state index in [9.17, 15) is 19.2 Å². The standard InChI is InChI=1S/C37H26ClFN4O3/c1-24-32(36(44)42(37(45)33(24)20-40)21-25-11-15-29(39)16-12-25)19-28-22-43(30-8-3-2-4-9-30)41-35(28)26-13-17-31(18-14-26)46-23-27-7-5-6-10-34(27)38/h2-19,22H,21,23H2,1H3/b32-19+. The topological polar surface area (TPSA) is 88.2 Å². The molecule has 1 aliphatic rings. The average molecular weight is 629 g/mol. The van der Waals surface area contributed by atoms with Crippen LogP contribution >= 0.6 is 11.6 Å². The van der Waals surface area contributed by atoms with E-state index in [1.54, 1.807) is 23.9 Å². The van der Waals surface area contributed by atoms with Crippen molar-refractivity contribution in [3.63, 3.8) is 0 Å². The van der Waals surface area contributed by atoms with Crippen molar-refractivity contribution in [1.82, 2.24) is 14.7 Å². The molecule has 0 fully saturated rings. The molecule has 0 aliphatic carbocycles. The van der Waals surface area contributed by atoms with Gasteiger partial charge in [0.15, 0.2) is 0 Å². The summed E-state index contributed by atoms with van der Waals surface area (Å²) in [6, 6.07) is 31.9. The smallest absolute Gasteiger partial charge is 0.271 e. The molecule has 0 unspecified atom stereocenters. The van der Waals surface area contributed by atoms with Gasteiger partial charge in [-0.3, -0.25) is 14.5 Å². The Morgan fingerprint density at radius 2 is 1.61 bits per heavy atom. The minimum absolute atomic E-state index is 0.112. The summed E-state index contributed by atoms with van der Waals surface area (Å²) in [6.45, 7) is 1.78. The van der Waals surface area contributed by atoms with Crippen LogP contribution in [0.5, 0.6) is 5.75 Å². The molecule has 0 saturated heterocycles. The maximum absolute atomic E-state index is 13.8. The van der Waals surface area contributed by atoms with Gasteiger partial charge in [-0.25, -0.2) is 9.07 Å². The fraction of sp³-hybridized carbons (Fsp3) is 0.0811. The SMILES string of the molecule is CC1=C(C#N)C(=O)N(Cc2ccc(F)cc2)C(=O)/C1=C/c1cn(-c2ccccc2)nc1-c1ccc(OCc2ccccc2Cl)cc1. The summed E-state index contributed by atoms with van der Waals surface area (Å²) in [5.74, 6) is -1.05. The number of rotatable bonds is 8. The zero-order valence-electron chi connectivity index (χ0n) is 24.7. The van der Waals surface area contributed by atoms with Crippen molar-refractivity contribution >= 4 is 29.5 Å². The molecule has 1 aliphatic heterocycles. The van der Waals surface area contributed by atoms with E-state index in [0.29, 0.717) is 34.2 Å².